The van der Waals surface area contributed by atoms with Crippen molar-refractivity contribution in [1.29, 1.82) is 0 Å². The van der Waals surface area contributed by atoms with Gasteiger partial charge in [-0.2, -0.15) is 5.10 Å². The molecule has 7 heteroatoms. The van der Waals surface area contributed by atoms with Crippen molar-refractivity contribution in [3.05, 3.63) is 53.9 Å². The Morgan fingerprint density at radius 1 is 1.21 bits per heavy atom. The Kier molecular flexibility index (Phi) is 7.67. The zero-order valence-corrected chi connectivity index (χ0v) is 17.5. The molecule has 3 rings (SSSR count). The Balaban J connectivity index is 1.44. The maximum Gasteiger partial charge on any atom is 0.223 e. The van der Waals surface area contributed by atoms with Gasteiger partial charge in [-0.25, -0.2) is 0 Å². The number of aromatic nitrogens is 2. The summed E-state index contributed by atoms with van der Waals surface area (Å²) in [6.45, 7) is 5.91. The van der Waals surface area contributed by atoms with E-state index in [2.05, 4.69) is 34.8 Å². The maximum absolute atomic E-state index is 12.3. The van der Waals surface area contributed by atoms with E-state index in [0.717, 1.165) is 45.0 Å². The molecule has 1 aliphatic heterocycles. The average molecular weight is 397 g/mol. The van der Waals surface area contributed by atoms with Crippen molar-refractivity contribution in [3.63, 3.8) is 0 Å². The number of likely N-dealkylation sites (tertiary alicyclic amines) is 1. The number of guanidine groups is 1. The second-order valence-electron chi connectivity index (χ2n) is 7.56. The van der Waals surface area contributed by atoms with Crippen molar-refractivity contribution >= 4 is 11.9 Å². The van der Waals surface area contributed by atoms with E-state index < -0.39 is 0 Å². The molecule has 1 atom stereocenters. The fourth-order valence-corrected chi connectivity index (χ4v) is 3.59. The van der Waals surface area contributed by atoms with Crippen molar-refractivity contribution in [3.8, 4) is 0 Å². The van der Waals surface area contributed by atoms with Crippen molar-refractivity contribution in [2.45, 2.75) is 26.2 Å². The number of hydrogen-bond donors (Lipinski definition) is 2. The van der Waals surface area contributed by atoms with E-state index in [1.165, 1.54) is 11.1 Å². The van der Waals surface area contributed by atoms with Gasteiger partial charge in [0.2, 0.25) is 5.91 Å². The summed E-state index contributed by atoms with van der Waals surface area (Å²) in [5, 5.41) is 10.9. The van der Waals surface area contributed by atoms with E-state index in [1.807, 2.05) is 47.2 Å². The molecule has 0 saturated carbocycles. The lowest BCUT2D eigenvalue weighted by Gasteiger charge is -2.16. The molecule has 2 aromatic rings. The molecule has 0 spiro atoms. The topological polar surface area (TPSA) is 74.6 Å². The van der Waals surface area contributed by atoms with Crippen LogP contribution in [-0.2, 0) is 24.7 Å². The highest BCUT2D eigenvalue weighted by Crippen LogP contribution is 2.18. The number of nitrogens with one attached hydrogen (secondary N) is 2. The zero-order chi connectivity index (χ0) is 20.5. The SMILES string of the molecule is CCNC(=NCC1CC(=O)N(CCc2ccccc2)C1)NCCc1cnn(C)c1. The van der Waals surface area contributed by atoms with Gasteiger partial charge in [0.05, 0.1) is 6.20 Å². The lowest BCUT2D eigenvalue weighted by atomic mass is 10.1. The summed E-state index contributed by atoms with van der Waals surface area (Å²) in [5.74, 6) is 1.34. The molecule has 1 aromatic heterocycles. The fraction of sp³-hybridized carbons (Fsp3) is 0.500. The van der Waals surface area contributed by atoms with Gasteiger partial charge in [0.15, 0.2) is 5.96 Å². The fourth-order valence-electron chi connectivity index (χ4n) is 3.59. The first kappa shape index (κ1) is 20.9. The molecule has 2 N–H and O–H groups in total. The van der Waals surface area contributed by atoms with E-state index in [1.54, 1.807) is 0 Å². The smallest absolute Gasteiger partial charge is 0.223 e. The second kappa shape index (κ2) is 10.6. The number of hydrogen-bond acceptors (Lipinski definition) is 3. The van der Waals surface area contributed by atoms with Gasteiger partial charge in [-0.3, -0.25) is 14.5 Å². The van der Waals surface area contributed by atoms with Crippen LogP contribution in [-0.4, -0.2) is 59.3 Å². The number of benzene rings is 1. The second-order valence-corrected chi connectivity index (χ2v) is 7.56. The highest BCUT2D eigenvalue weighted by molar-refractivity contribution is 5.80. The largest absolute Gasteiger partial charge is 0.357 e. The van der Waals surface area contributed by atoms with Crippen LogP contribution in [0.15, 0.2) is 47.7 Å². The van der Waals surface area contributed by atoms with Crippen LogP contribution in [0.3, 0.4) is 0 Å². The van der Waals surface area contributed by atoms with E-state index in [-0.39, 0.29) is 11.8 Å². The minimum absolute atomic E-state index is 0.246. The van der Waals surface area contributed by atoms with Crippen LogP contribution >= 0.6 is 0 Å². The van der Waals surface area contributed by atoms with Gasteiger partial charge in [0.1, 0.15) is 0 Å². The molecular formula is C22H32N6O. The van der Waals surface area contributed by atoms with E-state index >= 15 is 0 Å². The summed E-state index contributed by atoms with van der Waals surface area (Å²) in [7, 11) is 1.93. The molecule has 0 radical (unpaired) electrons. The van der Waals surface area contributed by atoms with Gasteiger partial charge in [0, 0.05) is 58.3 Å². The molecule has 0 aliphatic carbocycles. The molecule has 1 amide bonds. The quantitative estimate of drug-likeness (QED) is 0.499. The van der Waals surface area contributed by atoms with Gasteiger partial charge in [-0.1, -0.05) is 30.3 Å². The van der Waals surface area contributed by atoms with Gasteiger partial charge in [0.25, 0.3) is 0 Å². The van der Waals surface area contributed by atoms with E-state index in [0.29, 0.717) is 13.0 Å². The summed E-state index contributed by atoms with van der Waals surface area (Å²) in [6.07, 6.45) is 6.31. The third-order valence-corrected chi connectivity index (χ3v) is 5.12. The Morgan fingerprint density at radius 2 is 2.03 bits per heavy atom. The van der Waals surface area contributed by atoms with Crippen LogP contribution in [0, 0.1) is 5.92 Å². The lowest BCUT2D eigenvalue weighted by molar-refractivity contribution is -0.127. The molecule has 156 valence electrons. The number of carbonyl (C=O) groups is 1. The predicted molar refractivity (Wildman–Crippen MR) is 116 cm³/mol. The van der Waals surface area contributed by atoms with Crippen LogP contribution in [0.5, 0.6) is 0 Å². The number of aliphatic imine (C=N–C) groups is 1. The Morgan fingerprint density at radius 3 is 2.76 bits per heavy atom. The summed E-state index contributed by atoms with van der Waals surface area (Å²) < 4.78 is 1.81. The van der Waals surface area contributed by atoms with Crippen molar-refractivity contribution in [2.75, 3.05) is 32.7 Å². The molecule has 29 heavy (non-hydrogen) atoms. The first-order valence-electron chi connectivity index (χ1n) is 10.5. The van der Waals surface area contributed by atoms with Crippen LogP contribution in [0.1, 0.15) is 24.5 Å². The van der Waals surface area contributed by atoms with E-state index in [9.17, 15) is 4.79 Å². The van der Waals surface area contributed by atoms with Crippen LogP contribution in [0.2, 0.25) is 0 Å². The number of rotatable bonds is 9. The maximum atomic E-state index is 12.3. The monoisotopic (exact) mass is 396 g/mol. The predicted octanol–water partition coefficient (Wildman–Crippen LogP) is 1.61. The molecule has 2 heterocycles. The van der Waals surface area contributed by atoms with E-state index in [4.69, 9.17) is 4.99 Å². The molecule has 7 nitrogen and oxygen atoms in total. The Hall–Kier alpha value is -2.83. The van der Waals surface area contributed by atoms with Crippen molar-refractivity contribution in [2.24, 2.45) is 18.0 Å². The van der Waals surface area contributed by atoms with Gasteiger partial charge >= 0.3 is 0 Å². The molecule has 1 unspecified atom stereocenters. The summed E-state index contributed by atoms with van der Waals surface area (Å²) in [4.78, 5) is 19.0. The summed E-state index contributed by atoms with van der Waals surface area (Å²) >= 11 is 0. The first-order chi connectivity index (χ1) is 14.1. The first-order valence-corrected chi connectivity index (χ1v) is 10.5. The van der Waals surface area contributed by atoms with Crippen LogP contribution in [0.4, 0.5) is 0 Å². The normalized spacial score (nSPS) is 17.0. The van der Waals surface area contributed by atoms with Gasteiger partial charge in [-0.05, 0) is 30.9 Å². The number of carbonyl (C=O) groups excluding carboxylic acids is 1. The Bertz CT molecular complexity index is 801. The zero-order valence-electron chi connectivity index (χ0n) is 17.5. The third kappa shape index (κ3) is 6.62. The minimum Gasteiger partial charge on any atom is -0.357 e. The summed E-state index contributed by atoms with van der Waals surface area (Å²) in [6, 6.07) is 10.3. The standard InChI is InChI=1S/C22H32N6O/c1-3-23-22(24-11-9-19-15-26-27(2)16-19)25-14-20-13-21(29)28(17-20)12-10-18-7-5-4-6-8-18/h4-8,15-16,20H,3,9-14,17H2,1-2H3,(H2,23,24,25). The number of nitrogens with zero attached hydrogens (tertiary/aromatic N) is 4. The summed E-state index contributed by atoms with van der Waals surface area (Å²) in [5.41, 5.74) is 2.47. The molecule has 1 aliphatic rings. The van der Waals surface area contributed by atoms with Crippen LogP contribution in [0.25, 0.3) is 0 Å². The van der Waals surface area contributed by atoms with Crippen molar-refractivity contribution < 1.29 is 4.79 Å². The van der Waals surface area contributed by atoms with Crippen molar-refractivity contribution in [1.82, 2.24) is 25.3 Å². The van der Waals surface area contributed by atoms with Gasteiger partial charge < -0.3 is 15.5 Å². The molecular weight excluding hydrogens is 364 g/mol. The lowest BCUT2D eigenvalue weighted by Crippen LogP contribution is -2.38. The highest BCUT2D eigenvalue weighted by Gasteiger charge is 2.28. The van der Waals surface area contributed by atoms with Gasteiger partial charge in [-0.15, -0.1) is 0 Å². The number of aryl methyl sites for hydroxylation is 1. The molecule has 1 saturated heterocycles. The average Bonchev–Trinajstić information content (AvgIpc) is 3.30. The van der Waals surface area contributed by atoms with Crippen LogP contribution < -0.4 is 10.6 Å². The molecule has 1 fully saturated rings. The molecule has 0 bridgehead atoms. The third-order valence-electron chi connectivity index (χ3n) is 5.12. The highest BCUT2D eigenvalue weighted by atomic mass is 16.2. The number of amides is 1. The Labute approximate surface area is 173 Å². The molecule has 1 aromatic carbocycles. The minimum atomic E-state index is 0.246.